The van der Waals surface area contributed by atoms with Gasteiger partial charge in [-0.05, 0) is 55.5 Å². The van der Waals surface area contributed by atoms with Crippen LogP contribution in [0.15, 0.2) is 53.4 Å². The molecule has 0 bridgehead atoms. The molecule has 2 aliphatic heterocycles. The monoisotopic (exact) mass is 557 g/mol. The van der Waals surface area contributed by atoms with Crippen LogP contribution in [0.4, 0.5) is 4.39 Å². The normalized spacial score (nSPS) is 21.4. The van der Waals surface area contributed by atoms with Gasteiger partial charge in [0.05, 0.1) is 11.7 Å². The van der Waals surface area contributed by atoms with E-state index < -0.39 is 46.1 Å². The van der Waals surface area contributed by atoms with Crippen LogP contribution in [0.25, 0.3) is 0 Å². The molecule has 0 aromatic heterocycles. The summed E-state index contributed by atoms with van der Waals surface area (Å²) >= 11 is 0. The zero-order chi connectivity index (χ0) is 27.6. The summed E-state index contributed by atoms with van der Waals surface area (Å²) in [5.74, 6) is -2.43. The predicted octanol–water partition coefficient (Wildman–Crippen LogP) is 3.17. The molecule has 3 aliphatic rings. The number of benzene rings is 2. The third-order valence-electron chi connectivity index (χ3n) is 7.63. The fourth-order valence-electron chi connectivity index (χ4n) is 5.60. The molecule has 2 atom stereocenters. The predicted molar refractivity (Wildman–Crippen MR) is 140 cm³/mol. The standard InChI is InChI=1S/C28H32FN3O6S/c29-20-14-12-19(13-15-20)26(27(34)30-21-7-2-1-3-8-21)31(17-22-9-6-16-38-22)25(33)18-32-28(35)23-10-4-5-11-24(23)39(32,36)37/h4-5,10-15,21-22,26H,1-3,6-9,16-18H2,(H,30,34)/t22-,26-/m1/s1. The first kappa shape index (κ1) is 27.3. The second-order valence-electron chi connectivity index (χ2n) is 10.3. The first-order valence-electron chi connectivity index (χ1n) is 13.4. The maximum atomic E-state index is 13.9. The molecule has 2 heterocycles. The van der Waals surface area contributed by atoms with Crippen LogP contribution in [0.2, 0.25) is 0 Å². The van der Waals surface area contributed by atoms with Crippen LogP contribution >= 0.6 is 0 Å². The van der Waals surface area contributed by atoms with Crippen LogP contribution in [0.5, 0.6) is 0 Å². The number of ether oxygens (including phenoxy) is 1. The van der Waals surface area contributed by atoms with Crippen molar-refractivity contribution in [1.29, 1.82) is 0 Å². The largest absolute Gasteiger partial charge is 0.376 e. The lowest BCUT2D eigenvalue weighted by molar-refractivity contribution is -0.142. The van der Waals surface area contributed by atoms with Crippen molar-refractivity contribution in [3.8, 4) is 0 Å². The number of hydrogen-bond acceptors (Lipinski definition) is 6. The highest BCUT2D eigenvalue weighted by Crippen LogP contribution is 2.31. The van der Waals surface area contributed by atoms with Gasteiger partial charge in [-0.1, -0.05) is 43.5 Å². The number of sulfonamides is 1. The average molecular weight is 558 g/mol. The maximum Gasteiger partial charge on any atom is 0.269 e. The van der Waals surface area contributed by atoms with Gasteiger partial charge < -0.3 is 15.0 Å². The Bertz CT molecular complexity index is 1340. The van der Waals surface area contributed by atoms with Gasteiger partial charge in [0, 0.05) is 19.2 Å². The molecule has 39 heavy (non-hydrogen) atoms. The van der Waals surface area contributed by atoms with Gasteiger partial charge in [0.25, 0.3) is 15.9 Å². The maximum absolute atomic E-state index is 13.9. The lowest BCUT2D eigenvalue weighted by atomic mass is 9.94. The number of carbonyl (C=O) groups is 3. The molecule has 2 aromatic carbocycles. The van der Waals surface area contributed by atoms with E-state index in [0.717, 1.165) is 38.5 Å². The minimum atomic E-state index is -4.24. The number of rotatable bonds is 8. The summed E-state index contributed by atoms with van der Waals surface area (Å²) in [5.41, 5.74) is 0.385. The van der Waals surface area contributed by atoms with Crippen LogP contribution in [-0.4, -0.2) is 67.2 Å². The van der Waals surface area contributed by atoms with E-state index in [0.29, 0.717) is 22.9 Å². The molecular weight excluding hydrogens is 525 g/mol. The third kappa shape index (κ3) is 5.69. The highest BCUT2D eigenvalue weighted by molar-refractivity contribution is 7.90. The number of halogens is 1. The molecule has 1 saturated heterocycles. The molecule has 2 fully saturated rings. The highest BCUT2D eigenvalue weighted by Gasteiger charge is 2.44. The molecule has 5 rings (SSSR count). The Morgan fingerprint density at radius 1 is 1.03 bits per heavy atom. The van der Waals surface area contributed by atoms with E-state index in [-0.39, 0.29) is 29.1 Å². The molecule has 2 aromatic rings. The smallest absolute Gasteiger partial charge is 0.269 e. The topological polar surface area (TPSA) is 113 Å². The highest BCUT2D eigenvalue weighted by atomic mass is 32.2. The molecular formula is C28H32FN3O6S. The summed E-state index contributed by atoms with van der Waals surface area (Å²) in [4.78, 5) is 41.8. The Kier molecular flexibility index (Phi) is 7.99. The first-order valence-corrected chi connectivity index (χ1v) is 14.8. The van der Waals surface area contributed by atoms with Crippen LogP contribution in [0.3, 0.4) is 0 Å². The summed E-state index contributed by atoms with van der Waals surface area (Å²) in [5, 5.41) is 3.06. The van der Waals surface area contributed by atoms with E-state index in [1.807, 2.05) is 0 Å². The Morgan fingerprint density at radius 3 is 2.41 bits per heavy atom. The Labute approximate surface area is 227 Å². The SMILES string of the molecule is O=C(NC1CCCCC1)[C@@H](c1ccc(F)cc1)N(C[C@H]1CCCO1)C(=O)CN1C(=O)c2ccccc2S1(=O)=O. The zero-order valence-electron chi connectivity index (χ0n) is 21.6. The molecule has 0 unspecified atom stereocenters. The lowest BCUT2D eigenvalue weighted by Crippen LogP contribution is -2.51. The number of nitrogens with one attached hydrogen (secondary N) is 1. The quantitative estimate of drug-likeness (QED) is 0.534. The number of amides is 3. The third-order valence-corrected chi connectivity index (χ3v) is 9.42. The molecule has 11 heteroatoms. The molecule has 9 nitrogen and oxygen atoms in total. The van der Waals surface area contributed by atoms with Gasteiger partial charge in [-0.3, -0.25) is 14.4 Å². The number of fused-ring (bicyclic) bond motifs is 1. The van der Waals surface area contributed by atoms with Gasteiger partial charge in [0.1, 0.15) is 23.3 Å². The summed E-state index contributed by atoms with van der Waals surface area (Å²) in [6.07, 6.45) is 5.80. The van der Waals surface area contributed by atoms with Gasteiger partial charge >= 0.3 is 0 Å². The van der Waals surface area contributed by atoms with Crippen LogP contribution < -0.4 is 5.32 Å². The van der Waals surface area contributed by atoms with Gasteiger partial charge in [0.2, 0.25) is 11.8 Å². The summed E-state index contributed by atoms with van der Waals surface area (Å²) in [6.45, 7) is -0.235. The molecule has 0 spiro atoms. The van der Waals surface area contributed by atoms with Crippen LogP contribution in [0, 0.1) is 5.82 Å². The van der Waals surface area contributed by atoms with Crippen molar-refractivity contribution >= 4 is 27.7 Å². The number of carbonyl (C=O) groups excluding carboxylic acids is 3. The van der Waals surface area contributed by atoms with E-state index in [1.54, 1.807) is 6.07 Å². The van der Waals surface area contributed by atoms with Crippen LogP contribution in [-0.2, 0) is 24.3 Å². The van der Waals surface area contributed by atoms with Crippen molar-refractivity contribution in [2.24, 2.45) is 0 Å². The molecule has 1 aliphatic carbocycles. The molecule has 3 amide bonds. The fourth-order valence-corrected chi connectivity index (χ4v) is 7.12. The molecule has 1 N–H and O–H groups in total. The lowest BCUT2D eigenvalue weighted by Gasteiger charge is -2.35. The molecule has 208 valence electrons. The van der Waals surface area contributed by atoms with Gasteiger partial charge in [-0.15, -0.1) is 0 Å². The Balaban J connectivity index is 1.48. The summed E-state index contributed by atoms with van der Waals surface area (Å²) in [6, 6.07) is 9.93. The van der Waals surface area contributed by atoms with Gasteiger partial charge in [-0.2, -0.15) is 0 Å². The van der Waals surface area contributed by atoms with Gasteiger partial charge in [-0.25, -0.2) is 17.1 Å². The Hall–Kier alpha value is -3.31. The van der Waals surface area contributed by atoms with E-state index in [4.69, 9.17) is 4.74 Å². The van der Waals surface area contributed by atoms with E-state index in [9.17, 15) is 27.2 Å². The van der Waals surface area contributed by atoms with E-state index in [1.165, 1.54) is 47.4 Å². The summed E-state index contributed by atoms with van der Waals surface area (Å²) in [7, 11) is -4.24. The summed E-state index contributed by atoms with van der Waals surface area (Å²) < 4.78 is 46.5. The fraction of sp³-hybridized carbons (Fsp3) is 0.464. The minimum Gasteiger partial charge on any atom is -0.376 e. The second-order valence-corrected chi connectivity index (χ2v) is 12.1. The van der Waals surface area contributed by atoms with Crippen molar-refractivity contribution in [1.82, 2.24) is 14.5 Å². The zero-order valence-corrected chi connectivity index (χ0v) is 22.4. The number of hydrogen-bond donors (Lipinski definition) is 1. The van der Waals surface area contributed by atoms with Crippen LogP contribution in [0.1, 0.15) is 66.9 Å². The first-order chi connectivity index (χ1) is 18.8. The van der Waals surface area contributed by atoms with Crippen molar-refractivity contribution in [3.05, 3.63) is 65.5 Å². The van der Waals surface area contributed by atoms with Crippen molar-refractivity contribution in [2.45, 2.75) is 68.0 Å². The number of nitrogens with zero attached hydrogens (tertiary/aromatic N) is 2. The average Bonchev–Trinajstić information content (AvgIpc) is 3.51. The minimum absolute atomic E-state index is 0.00102. The van der Waals surface area contributed by atoms with Crippen molar-refractivity contribution in [3.63, 3.8) is 0 Å². The Morgan fingerprint density at radius 2 is 1.74 bits per heavy atom. The molecule has 0 radical (unpaired) electrons. The molecule has 1 saturated carbocycles. The second kappa shape index (κ2) is 11.4. The van der Waals surface area contributed by atoms with E-state index >= 15 is 0 Å². The van der Waals surface area contributed by atoms with E-state index in [2.05, 4.69) is 5.32 Å². The van der Waals surface area contributed by atoms with Gasteiger partial charge in [0.15, 0.2) is 0 Å². The van der Waals surface area contributed by atoms with Crippen molar-refractivity contribution < 1.29 is 31.9 Å². The van der Waals surface area contributed by atoms with Crippen molar-refractivity contribution in [2.75, 3.05) is 19.7 Å².